The molecule has 1 N–H and O–H groups in total. The summed E-state index contributed by atoms with van der Waals surface area (Å²) in [5.41, 5.74) is 1.17. The van der Waals surface area contributed by atoms with Crippen LogP contribution in [0.3, 0.4) is 0 Å². The van der Waals surface area contributed by atoms with E-state index in [4.69, 9.17) is 4.74 Å². The highest BCUT2D eigenvalue weighted by Gasteiger charge is 2.15. The zero-order valence-electron chi connectivity index (χ0n) is 13.9. The monoisotopic (exact) mass is 311 g/mol. The maximum atomic E-state index is 12.2. The van der Waals surface area contributed by atoms with Gasteiger partial charge in [-0.15, -0.1) is 0 Å². The Morgan fingerprint density at radius 3 is 2.19 bits per heavy atom. The molecule has 0 aliphatic carbocycles. The Balaban J connectivity index is 2.73. The first kappa shape index (κ1) is 18.2. The van der Waals surface area contributed by atoms with Crippen molar-refractivity contribution in [3.63, 3.8) is 0 Å². The first-order chi connectivity index (χ1) is 9.92. The minimum Gasteiger partial charge on any atom is -0.491 e. The maximum absolute atomic E-state index is 12.2. The minimum atomic E-state index is -0.790. The zero-order chi connectivity index (χ0) is 15.8. The lowest BCUT2D eigenvalue weighted by molar-refractivity contribution is 0.242. The molecule has 4 heteroatoms. The van der Waals surface area contributed by atoms with Gasteiger partial charge in [0, 0.05) is 28.3 Å². The van der Waals surface area contributed by atoms with Gasteiger partial charge in [0.1, 0.15) is 5.75 Å². The minimum absolute atomic E-state index is 0.141. The van der Waals surface area contributed by atoms with E-state index in [1.54, 1.807) is 0 Å². The third-order valence-electron chi connectivity index (χ3n) is 2.98. The second-order valence-electron chi connectivity index (χ2n) is 6.01. The van der Waals surface area contributed by atoms with Gasteiger partial charge in [0.15, 0.2) is 0 Å². The lowest BCUT2D eigenvalue weighted by Crippen LogP contribution is -2.27. The quantitative estimate of drug-likeness (QED) is 0.758. The Morgan fingerprint density at radius 1 is 1.10 bits per heavy atom. The van der Waals surface area contributed by atoms with Crippen molar-refractivity contribution in [1.29, 1.82) is 0 Å². The van der Waals surface area contributed by atoms with E-state index in [9.17, 15) is 4.21 Å². The van der Waals surface area contributed by atoms with E-state index in [-0.39, 0.29) is 12.1 Å². The molecule has 1 rings (SSSR count). The van der Waals surface area contributed by atoms with Crippen LogP contribution >= 0.6 is 0 Å². The average molecular weight is 311 g/mol. The molecule has 2 unspecified atom stereocenters. The van der Waals surface area contributed by atoms with Crippen LogP contribution in [0.1, 0.15) is 46.2 Å². The zero-order valence-corrected chi connectivity index (χ0v) is 14.7. The standard InChI is InChI=1S/C17H29NO2S/c1-6-18-17(12-21(19)11-13(2)3)15-7-9-16(10-8-15)20-14(4)5/h7-10,13-14,17-18H,6,11-12H2,1-5H3. The molecule has 0 amide bonds. The fraction of sp³-hybridized carbons (Fsp3) is 0.647. The van der Waals surface area contributed by atoms with Gasteiger partial charge in [-0.05, 0) is 44.0 Å². The average Bonchev–Trinajstić information content (AvgIpc) is 2.37. The Bertz CT molecular complexity index is 429. The van der Waals surface area contributed by atoms with Crippen LogP contribution < -0.4 is 10.1 Å². The Kier molecular flexibility index (Phi) is 7.97. The normalized spacial score (nSPS) is 14.4. The molecule has 0 aliphatic rings. The van der Waals surface area contributed by atoms with Gasteiger partial charge in [0.05, 0.1) is 6.10 Å². The molecule has 0 spiro atoms. The molecule has 0 radical (unpaired) electrons. The molecule has 0 aromatic heterocycles. The van der Waals surface area contributed by atoms with Gasteiger partial charge < -0.3 is 10.1 Å². The fourth-order valence-corrected chi connectivity index (χ4v) is 3.76. The first-order valence-electron chi connectivity index (χ1n) is 7.77. The van der Waals surface area contributed by atoms with E-state index in [1.165, 1.54) is 5.56 Å². The lowest BCUT2D eigenvalue weighted by atomic mass is 10.1. The first-order valence-corrected chi connectivity index (χ1v) is 9.26. The van der Waals surface area contributed by atoms with Crippen molar-refractivity contribution < 1.29 is 8.95 Å². The summed E-state index contributed by atoms with van der Waals surface area (Å²) in [6, 6.07) is 8.26. The van der Waals surface area contributed by atoms with Gasteiger partial charge in [-0.3, -0.25) is 4.21 Å². The smallest absolute Gasteiger partial charge is 0.119 e. The Hall–Kier alpha value is -0.870. The van der Waals surface area contributed by atoms with Crippen molar-refractivity contribution >= 4 is 10.8 Å². The van der Waals surface area contributed by atoms with Crippen LogP contribution in [0.2, 0.25) is 0 Å². The van der Waals surface area contributed by atoms with E-state index in [1.807, 2.05) is 26.0 Å². The predicted octanol–water partition coefficient (Wildman–Crippen LogP) is 3.53. The molecule has 1 aromatic rings. The van der Waals surface area contributed by atoms with Gasteiger partial charge in [0.2, 0.25) is 0 Å². The topological polar surface area (TPSA) is 38.3 Å². The Morgan fingerprint density at radius 2 is 1.71 bits per heavy atom. The third-order valence-corrected chi connectivity index (χ3v) is 4.72. The molecule has 0 saturated carbocycles. The number of nitrogens with one attached hydrogen (secondary N) is 1. The second-order valence-corrected chi connectivity index (χ2v) is 7.56. The largest absolute Gasteiger partial charge is 0.491 e. The second kappa shape index (κ2) is 9.21. The molecule has 0 fully saturated rings. The molecule has 0 bridgehead atoms. The van der Waals surface area contributed by atoms with Crippen LogP contribution in [-0.4, -0.2) is 28.4 Å². The van der Waals surface area contributed by atoms with Crippen molar-refractivity contribution in [2.24, 2.45) is 5.92 Å². The molecule has 21 heavy (non-hydrogen) atoms. The van der Waals surface area contributed by atoms with Crippen molar-refractivity contribution in [3.8, 4) is 5.75 Å². The van der Waals surface area contributed by atoms with Crippen LogP contribution in [0.4, 0.5) is 0 Å². The summed E-state index contributed by atoms with van der Waals surface area (Å²) in [4.78, 5) is 0. The van der Waals surface area contributed by atoms with E-state index < -0.39 is 10.8 Å². The number of hydrogen-bond donors (Lipinski definition) is 1. The molecule has 3 nitrogen and oxygen atoms in total. The summed E-state index contributed by atoms with van der Waals surface area (Å²) in [5, 5.41) is 3.43. The summed E-state index contributed by atoms with van der Waals surface area (Å²) >= 11 is 0. The molecular formula is C17H29NO2S. The van der Waals surface area contributed by atoms with Crippen molar-refractivity contribution in [2.45, 2.75) is 46.8 Å². The molecule has 0 heterocycles. The molecular weight excluding hydrogens is 282 g/mol. The van der Waals surface area contributed by atoms with E-state index in [0.717, 1.165) is 18.0 Å². The van der Waals surface area contributed by atoms with Crippen molar-refractivity contribution in [1.82, 2.24) is 5.32 Å². The molecule has 0 saturated heterocycles. The molecule has 120 valence electrons. The van der Waals surface area contributed by atoms with E-state index in [2.05, 4.69) is 38.2 Å². The van der Waals surface area contributed by atoms with Gasteiger partial charge in [-0.1, -0.05) is 32.9 Å². The Labute approximate surface area is 131 Å². The lowest BCUT2D eigenvalue weighted by Gasteiger charge is -2.19. The SMILES string of the molecule is CCNC(CS(=O)CC(C)C)c1ccc(OC(C)C)cc1. The maximum Gasteiger partial charge on any atom is 0.119 e. The summed E-state index contributed by atoms with van der Waals surface area (Å²) in [6.45, 7) is 11.2. The molecule has 2 atom stereocenters. The van der Waals surface area contributed by atoms with Crippen LogP contribution in [0.15, 0.2) is 24.3 Å². The summed E-state index contributed by atoms with van der Waals surface area (Å²) in [7, 11) is -0.790. The highest BCUT2D eigenvalue weighted by molar-refractivity contribution is 7.85. The van der Waals surface area contributed by atoms with Crippen LogP contribution in [-0.2, 0) is 10.8 Å². The van der Waals surface area contributed by atoms with Crippen molar-refractivity contribution in [3.05, 3.63) is 29.8 Å². The van der Waals surface area contributed by atoms with Gasteiger partial charge in [-0.25, -0.2) is 0 Å². The number of hydrogen-bond acceptors (Lipinski definition) is 3. The molecule has 0 aliphatic heterocycles. The van der Waals surface area contributed by atoms with Gasteiger partial charge in [-0.2, -0.15) is 0 Å². The predicted molar refractivity (Wildman–Crippen MR) is 91.3 cm³/mol. The third kappa shape index (κ3) is 7.09. The van der Waals surface area contributed by atoms with Gasteiger partial charge >= 0.3 is 0 Å². The van der Waals surface area contributed by atoms with Crippen molar-refractivity contribution in [2.75, 3.05) is 18.1 Å². The highest BCUT2D eigenvalue weighted by atomic mass is 32.2. The van der Waals surface area contributed by atoms with Gasteiger partial charge in [0.25, 0.3) is 0 Å². The number of rotatable bonds is 9. The van der Waals surface area contributed by atoms with E-state index >= 15 is 0 Å². The van der Waals surface area contributed by atoms with E-state index in [0.29, 0.717) is 11.7 Å². The van der Waals surface area contributed by atoms with Crippen LogP contribution in [0.5, 0.6) is 5.75 Å². The summed E-state index contributed by atoms with van der Waals surface area (Å²) in [5.74, 6) is 2.77. The fourth-order valence-electron chi connectivity index (χ4n) is 2.20. The highest BCUT2D eigenvalue weighted by Crippen LogP contribution is 2.20. The van der Waals surface area contributed by atoms with Crippen LogP contribution in [0.25, 0.3) is 0 Å². The number of benzene rings is 1. The van der Waals surface area contributed by atoms with Crippen LogP contribution in [0, 0.1) is 5.92 Å². The summed E-state index contributed by atoms with van der Waals surface area (Å²) < 4.78 is 17.8. The molecule has 1 aromatic carbocycles. The number of ether oxygens (including phenoxy) is 1. The summed E-state index contributed by atoms with van der Waals surface area (Å²) in [6.07, 6.45) is 0.180.